The maximum absolute atomic E-state index is 11.8. The molecule has 1 aliphatic rings. The zero-order valence-corrected chi connectivity index (χ0v) is 10.3. The van der Waals surface area contributed by atoms with Gasteiger partial charge in [0.25, 0.3) is 5.56 Å². The molecule has 0 saturated carbocycles. The molecule has 0 aromatic carbocycles. The SMILES string of the molecule is O=c1cc(N2CCCCC2)cnn1C[C@H](O)CO. The van der Waals surface area contributed by atoms with Crippen molar-refractivity contribution >= 4 is 5.69 Å². The van der Waals surface area contributed by atoms with E-state index >= 15 is 0 Å². The van der Waals surface area contributed by atoms with Gasteiger partial charge in [-0.2, -0.15) is 5.10 Å². The average Bonchev–Trinajstić information content (AvgIpc) is 2.42. The van der Waals surface area contributed by atoms with Crippen LogP contribution < -0.4 is 10.5 Å². The van der Waals surface area contributed by atoms with Crippen molar-refractivity contribution in [2.75, 3.05) is 24.6 Å². The third kappa shape index (κ3) is 3.08. The summed E-state index contributed by atoms with van der Waals surface area (Å²) in [5.41, 5.74) is 0.597. The molecule has 1 atom stereocenters. The van der Waals surface area contributed by atoms with E-state index in [9.17, 15) is 9.90 Å². The molecule has 0 radical (unpaired) electrons. The van der Waals surface area contributed by atoms with Gasteiger partial charge >= 0.3 is 0 Å². The van der Waals surface area contributed by atoms with Crippen LogP contribution in [0.15, 0.2) is 17.1 Å². The molecule has 0 amide bonds. The van der Waals surface area contributed by atoms with Crippen LogP contribution in [0, 0.1) is 0 Å². The van der Waals surface area contributed by atoms with E-state index < -0.39 is 6.10 Å². The Morgan fingerprint density at radius 2 is 2.06 bits per heavy atom. The van der Waals surface area contributed by atoms with Crippen LogP contribution in [0.1, 0.15) is 19.3 Å². The second kappa shape index (κ2) is 5.97. The Kier molecular flexibility index (Phi) is 4.33. The summed E-state index contributed by atoms with van der Waals surface area (Å²) in [4.78, 5) is 14.0. The van der Waals surface area contributed by atoms with Crippen molar-refractivity contribution in [3.63, 3.8) is 0 Å². The van der Waals surface area contributed by atoms with Gasteiger partial charge in [0.05, 0.1) is 31.1 Å². The number of aliphatic hydroxyl groups excluding tert-OH is 2. The van der Waals surface area contributed by atoms with Crippen LogP contribution in [0.2, 0.25) is 0 Å². The van der Waals surface area contributed by atoms with Crippen LogP contribution in [0.25, 0.3) is 0 Å². The standard InChI is InChI=1S/C12H19N3O3/c16-9-11(17)8-15-12(18)6-10(7-13-15)14-4-2-1-3-5-14/h6-7,11,16-17H,1-5,8-9H2/t11-/m0/s1. The molecule has 0 bridgehead atoms. The minimum absolute atomic E-state index is 0.0234. The Labute approximate surface area is 105 Å². The molecule has 0 unspecified atom stereocenters. The highest BCUT2D eigenvalue weighted by Crippen LogP contribution is 2.16. The predicted molar refractivity (Wildman–Crippen MR) is 67.7 cm³/mol. The van der Waals surface area contributed by atoms with Gasteiger partial charge in [-0.3, -0.25) is 4.79 Å². The van der Waals surface area contributed by atoms with Gasteiger partial charge in [-0.15, -0.1) is 0 Å². The first-order valence-corrected chi connectivity index (χ1v) is 6.32. The Bertz CT molecular complexity index is 440. The number of anilines is 1. The normalized spacial score (nSPS) is 17.8. The zero-order valence-electron chi connectivity index (χ0n) is 10.3. The van der Waals surface area contributed by atoms with Crippen LogP contribution >= 0.6 is 0 Å². The minimum Gasteiger partial charge on any atom is -0.394 e. The number of nitrogens with zero attached hydrogens (tertiary/aromatic N) is 3. The lowest BCUT2D eigenvalue weighted by atomic mass is 10.1. The van der Waals surface area contributed by atoms with Crippen molar-refractivity contribution in [2.45, 2.75) is 31.9 Å². The van der Waals surface area contributed by atoms with Crippen LogP contribution in [0.4, 0.5) is 5.69 Å². The molecular weight excluding hydrogens is 234 g/mol. The second-order valence-corrected chi connectivity index (χ2v) is 4.62. The average molecular weight is 253 g/mol. The van der Waals surface area contributed by atoms with Crippen molar-refractivity contribution in [2.24, 2.45) is 0 Å². The fraction of sp³-hybridized carbons (Fsp3) is 0.667. The quantitative estimate of drug-likeness (QED) is 0.762. The van der Waals surface area contributed by atoms with Crippen LogP contribution in [0.3, 0.4) is 0 Å². The smallest absolute Gasteiger partial charge is 0.268 e. The van der Waals surface area contributed by atoms with Gasteiger partial charge in [-0.1, -0.05) is 0 Å². The molecule has 2 heterocycles. The molecule has 1 saturated heterocycles. The lowest BCUT2D eigenvalue weighted by Gasteiger charge is -2.28. The minimum atomic E-state index is -0.948. The number of aromatic nitrogens is 2. The molecular formula is C12H19N3O3. The van der Waals surface area contributed by atoms with E-state index in [2.05, 4.69) is 10.00 Å². The van der Waals surface area contributed by atoms with Gasteiger partial charge in [0, 0.05) is 19.2 Å². The van der Waals surface area contributed by atoms with Gasteiger partial charge in [0.1, 0.15) is 0 Å². The van der Waals surface area contributed by atoms with Crippen LogP contribution in [-0.4, -0.2) is 45.8 Å². The molecule has 1 aromatic rings. The van der Waals surface area contributed by atoms with Crippen molar-refractivity contribution in [1.82, 2.24) is 9.78 Å². The molecule has 100 valence electrons. The number of piperidine rings is 1. The Balaban J connectivity index is 2.11. The molecule has 1 aliphatic heterocycles. The van der Waals surface area contributed by atoms with Gasteiger partial charge in [0.2, 0.25) is 0 Å². The summed E-state index contributed by atoms with van der Waals surface area (Å²) in [6.45, 7) is 1.58. The molecule has 18 heavy (non-hydrogen) atoms. The van der Waals surface area contributed by atoms with Gasteiger partial charge in [-0.05, 0) is 19.3 Å². The maximum Gasteiger partial charge on any atom is 0.268 e. The largest absolute Gasteiger partial charge is 0.394 e. The molecule has 0 spiro atoms. The molecule has 6 nitrogen and oxygen atoms in total. The number of hydrogen-bond donors (Lipinski definition) is 2. The first-order chi connectivity index (χ1) is 8.70. The third-order valence-corrected chi connectivity index (χ3v) is 3.17. The molecule has 2 rings (SSSR count). The summed E-state index contributed by atoms with van der Waals surface area (Å²) >= 11 is 0. The Hall–Kier alpha value is -1.40. The summed E-state index contributed by atoms with van der Waals surface area (Å²) < 4.78 is 1.17. The number of hydrogen-bond acceptors (Lipinski definition) is 5. The van der Waals surface area contributed by atoms with E-state index in [0.717, 1.165) is 31.6 Å². The van der Waals surface area contributed by atoms with Crippen molar-refractivity contribution in [3.05, 3.63) is 22.6 Å². The molecule has 2 N–H and O–H groups in total. The van der Waals surface area contributed by atoms with Crippen molar-refractivity contribution < 1.29 is 10.2 Å². The first kappa shape index (κ1) is 13.0. The molecule has 1 fully saturated rings. The number of rotatable bonds is 4. The summed E-state index contributed by atoms with van der Waals surface area (Å²) in [6.07, 6.45) is 4.23. The second-order valence-electron chi connectivity index (χ2n) is 4.62. The lowest BCUT2D eigenvalue weighted by Crippen LogP contribution is -2.34. The first-order valence-electron chi connectivity index (χ1n) is 6.32. The topological polar surface area (TPSA) is 78.6 Å². The highest BCUT2D eigenvalue weighted by molar-refractivity contribution is 5.43. The van der Waals surface area contributed by atoms with E-state index in [0.29, 0.717) is 0 Å². The highest BCUT2D eigenvalue weighted by atomic mass is 16.3. The molecule has 0 aliphatic carbocycles. The number of aliphatic hydroxyl groups is 2. The van der Waals surface area contributed by atoms with Gasteiger partial charge < -0.3 is 15.1 Å². The Morgan fingerprint density at radius 3 is 2.67 bits per heavy atom. The van der Waals surface area contributed by atoms with Crippen LogP contribution in [0.5, 0.6) is 0 Å². The summed E-state index contributed by atoms with van der Waals surface area (Å²) in [6, 6.07) is 1.54. The zero-order chi connectivity index (χ0) is 13.0. The van der Waals surface area contributed by atoms with Gasteiger partial charge in [-0.25, -0.2) is 4.68 Å². The highest BCUT2D eigenvalue weighted by Gasteiger charge is 2.13. The van der Waals surface area contributed by atoms with Crippen molar-refractivity contribution in [3.8, 4) is 0 Å². The fourth-order valence-corrected chi connectivity index (χ4v) is 2.14. The predicted octanol–water partition coefficient (Wildman–Crippen LogP) is -0.413. The summed E-state index contributed by atoms with van der Waals surface area (Å²) in [7, 11) is 0. The third-order valence-electron chi connectivity index (χ3n) is 3.17. The fourth-order valence-electron chi connectivity index (χ4n) is 2.14. The maximum atomic E-state index is 11.8. The van der Waals surface area contributed by atoms with E-state index in [1.165, 1.54) is 11.1 Å². The van der Waals surface area contributed by atoms with Gasteiger partial charge in [0.15, 0.2) is 0 Å². The monoisotopic (exact) mass is 253 g/mol. The van der Waals surface area contributed by atoms with E-state index in [-0.39, 0.29) is 18.7 Å². The van der Waals surface area contributed by atoms with E-state index in [1.54, 1.807) is 12.3 Å². The van der Waals surface area contributed by atoms with Crippen LogP contribution in [-0.2, 0) is 6.54 Å². The van der Waals surface area contributed by atoms with E-state index in [4.69, 9.17) is 5.11 Å². The summed E-state index contributed by atoms with van der Waals surface area (Å²) in [5, 5.41) is 22.1. The summed E-state index contributed by atoms with van der Waals surface area (Å²) in [5.74, 6) is 0. The van der Waals surface area contributed by atoms with E-state index in [1.807, 2.05) is 0 Å². The molecule has 6 heteroatoms. The Morgan fingerprint density at radius 1 is 1.33 bits per heavy atom. The lowest BCUT2D eigenvalue weighted by molar-refractivity contribution is 0.0770. The van der Waals surface area contributed by atoms with Crippen molar-refractivity contribution in [1.29, 1.82) is 0 Å². The molecule has 1 aromatic heterocycles.